The highest BCUT2D eigenvalue weighted by Crippen LogP contribution is 2.25. The molecule has 0 N–H and O–H groups in total. The highest BCUT2D eigenvalue weighted by Gasteiger charge is 2.27. The first-order chi connectivity index (χ1) is 11.0. The molecule has 0 amide bonds. The van der Waals surface area contributed by atoms with Crippen LogP contribution in [0.5, 0.6) is 0 Å². The molecule has 6 heteroatoms. The highest BCUT2D eigenvalue weighted by atomic mass is 32.1. The van der Waals surface area contributed by atoms with Crippen LogP contribution in [0.25, 0.3) is 0 Å². The molecule has 0 aliphatic carbocycles. The molecule has 1 atom stereocenters. The van der Waals surface area contributed by atoms with E-state index < -0.39 is 0 Å². The zero-order valence-corrected chi connectivity index (χ0v) is 15.2. The molecule has 1 aliphatic heterocycles. The van der Waals surface area contributed by atoms with Crippen molar-refractivity contribution >= 4 is 23.0 Å². The van der Waals surface area contributed by atoms with Crippen LogP contribution in [-0.4, -0.2) is 55.1 Å². The summed E-state index contributed by atoms with van der Waals surface area (Å²) >= 11 is 1.87. The van der Waals surface area contributed by atoms with E-state index in [4.69, 9.17) is 0 Å². The fraction of sp³-hybridized carbons (Fsp3) is 0.529. The summed E-state index contributed by atoms with van der Waals surface area (Å²) in [5.41, 5.74) is 1.42. The number of hydrogen-bond acceptors (Lipinski definition) is 6. The molecule has 23 heavy (non-hydrogen) atoms. The van der Waals surface area contributed by atoms with Gasteiger partial charge >= 0.3 is 0 Å². The molecule has 2 aromatic rings. The topological polar surface area (TPSA) is 35.5 Å². The standard InChI is InChI=1S/C17H25N5S/c1-13-6-8-23-15(13)11-22-7-5-14(10-22)21(4)17-9-16(20(2)3)18-12-19-17/h6,8-9,12,14H,5,7,10-11H2,1-4H3. The summed E-state index contributed by atoms with van der Waals surface area (Å²) in [6.45, 7) is 5.52. The quantitative estimate of drug-likeness (QED) is 0.842. The Morgan fingerprint density at radius 2 is 2.04 bits per heavy atom. The number of anilines is 2. The number of likely N-dealkylation sites (N-methyl/N-ethyl adjacent to an activating group) is 1. The van der Waals surface area contributed by atoms with E-state index in [2.05, 4.69) is 51.3 Å². The molecule has 1 unspecified atom stereocenters. The molecule has 5 nitrogen and oxygen atoms in total. The van der Waals surface area contributed by atoms with Gasteiger partial charge in [0.1, 0.15) is 18.0 Å². The minimum Gasteiger partial charge on any atom is -0.363 e. The Balaban J connectivity index is 1.64. The summed E-state index contributed by atoms with van der Waals surface area (Å²) < 4.78 is 0. The van der Waals surface area contributed by atoms with Crippen molar-refractivity contribution in [2.24, 2.45) is 0 Å². The monoisotopic (exact) mass is 331 g/mol. The van der Waals surface area contributed by atoms with E-state index in [0.717, 1.165) is 31.3 Å². The molecular weight excluding hydrogens is 306 g/mol. The third-order valence-electron chi connectivity index (χ3n) is 4.59. The van der Waals surface area contributed by atoms with Crippen molar-refractivity contribution in [2.45, 2.75) is 25.9 Å². The van der Waals surface area contributed by atoms with E-state index in [1.807, 2.05) is 30.3 Å². The number of nitrogens with zero attached hydrogens (tertiary/aromatic N) is 5. The summed E-state index contributed by atoms with van der Waals surface area (Å²) in [6.07, 6.45) is 2.84. The predicted molar refractivity (Wildman–Crippen MR) is 97.5 cm³/mol. The van der Waals surface area contributed by atoms with Crippen molar-refractivity contribution in [1.29, 1.82) is 0 Å². The molecule has 2 aromatic heterocycles. The second-order valence-corrected chi connectivity index (χ2v) is 7.44. The Morgan fingerprint density at radius 1 is 1.26 bits per heavy atom. The first-order valence-electron chi connectivity index (χ1n) is 8.02. The van der Waals surface area contributed by atoms with Gasteiger partial charge < -0.3 is 9.80 Å². The highest BCUT2D eigenvalue weighted by molar-refractivity contribution is 7.10. The van der Waals surface area contributed by atoms with Gasteiger partial charge in [-0.3, -0.25) is 4.90 Å². The third kappa shape index (κ3) is 3.64. The van der Waals surface area contributed by atoms with Gasteiger partial charge in [0.2, 0.25) is 0 Å². The Kier molecular flexibility index (Phi) is 4.82. The molecule has 1 saturated heterocycles. The van der Waals surface area contributed by atoms with Crippen LogP contribution in [0.4, 0.5) is 11.6 Å². The van der Waals surface area contributed by atoms with Crippen molar-refractivity contribution in [3.63, 3.8) is 0 Å². The van der Waals surface area contributed by atoms with Crippen LogP contribution in [0.1, 0.15) is 16.9 Å². The molecule has 0 bridgehead atoms. The van der Waals surface area contributed by atoms with Gasteiger partial charge in [0.15, 0.2) is 0 Å². The zero-order chi connectivity index (χ0) is 16.4. The molecule has 3 heterocycles. The Hall–Kier alpha value is -1.66. The van der Waals surface area contributed by atoms with Crippen molar-refractivity contribution in [3.05, 3.63) is 34.3 Å². The van der Waals surface area contributed by atoms with Crippen LogP contribution >= 0.6 is 11.3 Å². The van der Waals surface area contributed by atoms with Crippen LogP contribution in [-0.2, 0) is 6.54 Å². The van der Waals surface area contributed by atoms with E-state index >= 15 is 0 Å². The van der Waals surface area contributed by atoms with Gasteiger partial charge in [0.25, 0.3) is 0 Å². The molecule has 0 aromatic carbocycles. The zero-order valence-electron chi connectivity index (χ0n) is 14.4. The van der Waals surface area contributed by atoms with E-state index in [-0.39, 0.29) is 0 Å². The molecule has 0 spiro atoms. The van der Waals surface area contributed by atoms with E-state index in [1.165, 1.54) is 16.9 Å². The summed E-state index contributed by atoms with van der Waals surface area (Å²) in [5, 5.41) is 2.19. The van der Waals surface area contributed by atoms with Gasteiger partial charge in [0, 0.05) is 57.8 Å². The lowest BCUT2D eigenvalue weighted by atomic mass is 10.2. The summed E-state index contributed by atoms with van der Waals surface area (Å²) in [7, 11) is 6.16. The SMILES string of the molecule is Cc1ccsc1CN1CCC(N(C)c2cc(N(C)C)ncn2)C1. The average Bonchev–Trinajstić information content (AvgIpc) is 3.17. The first kappa shape index (κ1) is 16.2. The number of hydrogen-bond donors (Lipinski definition) is 0. The van der Waals surface area contributed by atoms with Crippen molar-refractivity contribution in [3.8, 4) is 0 Å². The average molecular weight is 331 g/mol. The molecule has 3 rings (SSSR count). The van der Waals surface area contributed by atoms with Gasteiger partial charge in [-0.2, -0.15) is 0 Å². The Morgan fingerprint density at radius 3 is 2.74 bits per heavy atom. The van der Waals surface area contributed by atoms with Crippen LogP contribution in [0.15, 0.2) is 23.8 Å². The number of aromatic nitrogens is 2. The van der Waals surface area contributed by atoms with Crippen LogP contribution < -0.4 is 9.80 Å². The summed E-state index contributed by atoms with van der Waals surface area (Å²) in [4.78, 5) is 17.1. The second-order valence-electron chi connectivity index (χ2n) is 6.44. The van der Waals surface area contributed by atoms with Gasteiger partial charge in [-0.1, -0.05) is 0 Å². The number of aryl methyl sites for hydroxylation is 1. The Bertz CT molecular complexity index is 654. The van der Waals surface area contributed by atoms with E-state index in [9.17, 15) is 0 Å². The molecule has 0 radical (unpaired) electrons. The van der Waals surface area contributed by atoms with Crippen molar-refractivity contribution < 1.29 is 0 Å². The van der Waals surface area contributed by atoms with E-state index in [1.54, 1.807) is 6.33 Å². The van der Waals surface area contributed by atoms with Crippen molar-refractivity contribution in [2.75, 3.05) is 44.0 Å². The lowest BCUT2D eigenvalue weighted by Crippen LogP contribution is -2.35. The normalized spacial score (nSPS) is 18.3. The van der Waals surface area contributed by atoms with Gasteiger partial charge in [-0.05, 0) is 30.4 Å². The van der Waals surface area contributed by atoms with Crippen LogP contribution in [0.3, 0.4) is 0 Å². The number of thiophene rings is 1. The maximum atomic E-state index is 4.45. The molecule has 1 aliphatic rings. The molecule has 1 fully saturated rings. The van der Waals surface area contributed by atoms with E-state index in [0.29, 0.717) is 6.04 Å². The maximum absolute atomic E-state index is 4.45. The lowest BCUT2D eigenvalue weighted by molar-refractivity contribution is 0.328. The number of rotatable bonds is 5. The molecule has 0 saturated carbocycles. The first-order valence-corrected chi connectivity index (χ1v) is 8.90. The largest absolute Gasteiger partial charge is 0.363 e. The lowest BCUT2D eigenvalue weighted by Gasteiger charge is -2.26. The van der Waals surface area contributed by atoms with Crippen molar-refractivity contribution in [1.82, 2.24) is 14.9 Å². The fourth-order valence-electron chi connectivity index (χ4n) is 3.00. The third-order valence-corrected chi connectivity index (χ3v) is 5.60. The number of likely N-dealkylation sites (tertiary alicyclic amines) is 1. The second kappa shape index (κ2) is 6.84. The fourth-order valence-corrected chi connectivity index (χ4v) is 3.95. The van der Waals surface area contributed by atoms with Gasteiger partial charge in [-0.25, -0.2) is 9.97 Å². The summed E-state index contributed by atoms with van der Waals surface area (Å²) in [5.74, 6) is 1.95. The van der Waals surface area contributed by atoms with Crippen LogP contribution in [0, 0.1) is 6.92 Å². The smallest absolute Gasteiger partial charge is 0.134 e. The molecule has 124 valence electrons. The van der Waals surface area contributed by atoms with Gasteiger partial charge in [-0.15, -0.1) is 11.3 Å². The van der Waals surface area contributed by atoms with Crippen LogP contribution in [0.2, 0.25) is 0 Å². The summed E-state index contributed by atoms with van der Waals surface area (Å²) in [6, 6.07) is 4.79. The minimum atomic E-state index is 0.514. The Labute approximate surface area is 142 Å². The maximum Gasteiger partial charge on any atom is 0.134 e. The predicted octanol–water partition coefficient (Wildman–Crippen LogP) is 2.62. The minimum absolute atomic E-state index is 0.514. The molecular formula is C17H25N5S. The van der Waals surface area contributed by atoms with Gasteiger partial charge in [0.05, 0.1) is 0 Å².